The van der Waals surface area contributed by atoms with E-state index in [1.807, 2.05) is 0 Å². The van der Waals surface area contributed by atoms with Gasteiger partial charge in [0.15, 0.2) is 0 Å². The molecule has 0 saturated carbocycles. The largest absolute Gasteiger partial charge is 0.379 e. The Kier molecular flexibility index (Phi) is 7.09. The third-order valence-corrected chi connectivity index (χ3v) is 3.46. The molecule has 0 amide bonds. The average molecular weight is 242 g/mol. The standard InChI is InChI=1S/C14H30N2O/c1-12(2)14-11-15-7-9-16(14)8-5-6-10-17-13(3)4/h12-15H,5-11H2,1-4H3. The maximum absolute atomic E-state index is 5.57. The van der Waals surface area contributed by atoms with Gasteiger partial charge in [0.2, 0.25) is 0 Å². The van der Waals surface area contributed by atoms with Gasteiger partial charge in [0, 0.05) is 32.3 Å². The second-order valence-electron chi connectivity index (χ2n) is 5.68. The molecule has 0 radical (unpaired) electrons. The van der Waals surface area contributed by atoms with Crippen LogP contribution in [0.3, 0.4) is 0 Å². The van der Waals surface area contributed by atoms with Crippen molar-refractivity contribution >= 4 is 0 Å². The molecule has 1 unspecified atom stereocenters. The molecule has 3 heteroatoms. The smallest absolute Gasteiger partial charge is 0.0518 e. The predicted molar refractivity (Wildman–Crippen MR) is 73.4 cm³/mol. The van der Waals surface area contributed by atoms with Gasteiger partial charge in [0.05, 0.1) is 6.10 Å². The Hall–Kier alpha value is -0.120. The van der Waals surface area contributed by atoms with Gasteiger partial charge in [0.1, 0.15) is 0 Å². The molecule has 1 aliphatic heterocycles. The monoisotopic (exact) mass is 242 g/mol. The van der Waals surface area contributed by atoms with E-state index in [4.69, 9.17) is 4.74 Å². The van der Waals surface area contributed by atoms with E-state index in [-0.39, 0.29) is 0 Å². The van der Waals surface area contributed by atoms with E-state index >= 15 is 0 Å². The number of nitrogens with zero attached hydrogens (tertiary/aromatic N) is 1. The van der Waals surface area contributed by atoms with Gasteiger partial charge < -0.3 is 10.1 Å². The quantitative estimate of drug-likeness (QED) is 0.692. The number of unbranched alkanes of at least 4 members (excludes halogenated alkanes) is 1. The molecule has 0 aliphatic carbocycles. The van der Waals surface area contributed by atoms with Crippen LogP contribution in [-0.2, 0) is 4.74 Å². The minimum absolute atomic E-state index is 0.373. The third kappa shape index (κ3) is 5.84. The zero-order valence-electron chi connectivity index (χ0n) is 12.0. The van der Waals surface area contributed by atoms with E-state index < -0.39 is 0 Å². The molecule has 17 heavy (non-hydrogen) atoms. The topological polar surface area (TPSA) is 24.5 Å². The Bertz CT molecular complexity index is 195. The van der Waals surface area contributed by atoms with Crippen LogP contribution in [0.2, 0.25) is 0 Å². The van der Waals surface area contributed by atoms with Crippen LogP contribution in [-0.4, -0.2) is 49.8 Å². The summed E-state index contributed by atoms with van der Waals surface area (Å²) in [5.74, 6) is 0.745. The third-order valence-electron chi connectivity index (χ3n) is 3.46. The van der Waals surface area contributed by atoms with Crippen molar-refractivity contribution in [3.63, 3.8) is 0 Å². The Morgan fingerprint density at radius 2 is 2.00 bits per heavy atom. The number of hydrogen-bond acceptors (Lipinski definition) is 3. The molecule has 0 spiro atoms. The van der Waals surface area contributed by atoms with Crippen molar-refractivity contribution in [3.05, 3.63) is 0 Å². The zero-order chi connectivity index (χ0) is 12.7. The molecule has 3 nitrogen and oxygen atoms in total. The molecule has 1 atom stereocenters. The van der Waals surface area contributed by atoms with E-state index in [0.717, 1.165) is 31.7 Å². The summed E-state index contributed by atoms with van der Waals surface area (Å²) in [5, 5.41) is 3.50. The second kappa shape index (κ2) is 8.06. The van der Waals surface area contributed by atoms with Gasteiger partial charge in [-0.3, -0.25) is 4.90 Å². The fourth-order valence-electron chi connectivity index (χ4n) is 2.44. The van der Waals surface area contributed by atoms with Gasteiger partial charge in [-0.15, -0.1) is 0 Å². The lowest BCUT2D eigenvalue weighted by Gasteiger charge is -2.38. The molecule has 0 aromatic carbocycles. The van der Waals surface area contributed by atoms with Crippen molar-refractivity contribution in [2.45, 2.75) is 52.7 Å². The number of nitrogens with one attached hydrogen (secondary N) is 1. The zero-order valence-corrected chi connectivity index (χ0v) is 12.0. The lowest BCUT2D eigenvalue weighted by Crippen LogP contribution is -2.53. The van der Waals surface area contributed by atoms with Crippen molar-refractivity contribution in [2.75, 3.05) is 32.8 Å². The Balaban J connectivity index is 2.15. The molecular weight excluding hydrogens is 212 g/mol. The van der Waals surface area contributed by atoms with E-state index in [9.17, 15) is 0 Å². The van der Waals surface area contributed by atoms with Crippen molar-refractivity contribution < 1.29 is 4.74 Å². The van der Waals surface area contributed by atoms with Gasteiger partial charge in [-0.25, -0.2) is 0 Å². The molecule has 0 aromatic heterocycles. The number of hydrogen-bond donors (Lipinski definition) is 1. The van der Waals surface area contributed by atoms with Crippen LogP contribution in [0, 0.1) is 5.92 Å². The van der Waals surface area contributed by atoms with Crippen molar-refractivity contribution in [3.8, 4) is 0 Å². The highest BCUT2D eigenvalue weighted by Crippen LogP contribution is 2.13. The Morgan fingerprint density at radius 1 is 1.24 bits per heavy atom. The number of piperazine rings is 1. The summed E-state index contributed by atoms with van der Waals surface area (Å²) < 4.78 is 5.57. The lowest BCUT2D eigenvalue weighted by molar-refractivity contribution is 0.0696. The van der Waals surface area contributed by atoms with E-state index in [0.29, 0.717) is 6.10 Å². The van der Waals surface area contributed by atoms with Crippen molar-refractivity contribution in [1.29, 1.82) is 0 Å². The van der Waals surface area contributed by atoms with Crippen molar-refractivity contribution in [1.82, 2.24) is 10.2 Å². The van der Waals surface area contributed by atoms with E-state index in [2.05, 4.69) is 37.9 Å². The summed E-state index contributed by atoms with van der Waals surface area (Å²) in [4.78, 5) is 2.65. The molecule has 0 bridgehead atoms. The van der Waals surface area contributed by atoms with Crippen molar-refractivity contribution in [2.24, 2.45) is 5.92 Å². The normalized spacial score (nSPS) is 22.6. The molecule has 1 heterocycles. The van der Waals surface area contributed by atoms with Crippen LogP contribution in [0.5, 0.6) is 0 Å². The van der Waals surface area contributed by atoms with Gasteiger partial charge in [0.25, 0.3) is 0 Å². The summed E-state index contributed by atoms with van der Waals surface area (Å²) in [6.45, 7) is 14.5. The van der Waals surface area contributed by atoms with E-state index in [1.54, 1.807) is 0 Å². The summed E-state index contributed by atoms with van der Waals surface area (Å²) in [6, 6.07) is 0.717. The molecule has 1 N–H and O–H groups in total. The van der Waals surface area contributed by atoms with Gasteiger partial charge in [-0.2, -0.15) is 0 Å². The molecule has 1 saturated heterocycles. The first-order valence-electron chi connectivity index (χ1n) is 7.17. The second-order valence-corrected chi connectivity index (χ2v) is 5.68. The van der Waals surface area contributed by atoms with Crippen LogP contribution in [0.4, 0.5) is 0 Å². The number of ether oxygens (including phenoxy) is 1. The minimum Gasteiger partial charge on any atom is -0.379 e. The number of rotatable bonds is 7. The Morgan fingerprint density at radius 3 is 2.65 bits per heavy atom. The maximum Gasteiger partial charge on any atom is 0.0518 e. The fraction of sp³-hybridized carbons (Fsp3) is 1.00. The summed E-state index contributed by atoms with van der Waals surface area (Å²) in [5.41, 5.74) is 0. The SMILES string of the molecule is CC(C)OCCCCN1CCNCC1C(C)C. The van der Waals surface area contributed by atoms with Gasteiger partial charge in [-0.05, 0) is 39.2 Å². The molecule has 102 valence electrons. The van der Waals surface area contributed by atoms with Crippen LogP contribution in [0.15, 0.2) is 0 Å². The summed E-state index contributed by atoms with van der Waals surface area (Å²) in [7, 11) is 0. The lowest BCUT2D eigenvalue weighted by atomic mass is 10.0. The molecular formula is C14H30N2O. The summed E-state index contributed by atoms with van der Waals surface area (Å²) in [6.07, 6.45) is 2.82. The fourth-order valence-corrected chi connectivity index (χ4v) is 2.44. The molecule has 1 aliphatic rings. The van der Waals surface area contributed by atoms with Gasteiger partial charge >= 0.3 is 0 Å². The van der Waals surface area contributed by atoms with Crippen LogP contribution in [0.1, 0.15) is 40.5 Å². The Labute approximate surface area is 107 Å². The van der Waals surface area contributed by atoms with Crippen LogP contribution >= 0.6 is 0 Å². The first kappa shape index (κ1) is 14.9. The first-order valence-corrected chi connectivity index (χ1v) is 7.17. The summed E-state index contributed by atoms with van der Waals surface area (Å²) >= 11 is 0. The van der Waals surface area contributed by atoms with Crippen LogP contribution < -0.4 is 5.32 Å². The highest BCUT2D eigenvalue weighted by Gasteiger charge is 2.23. The van der Waals surface area contributed by atoms with Crippen LogP contribution in [0.25, 0.3) is 0 Å². The minimum atomic E-state index is 0.373. The first-order chi connectivity index (χ1) is 8.11. The highest BCUT2D eigenvalue weighted by molar-refractivity contribution is 4.81. The molecule has 0 aromatic rings. The van der Waals surface area contributed by atoms with E-state index in [1.165, 1.54) is 25.9 Å². The molecule has 1 fully saturated rings. The molecule has 1 rings (SSSR count). The predicted octanol–water partition coefficient (Wildman–Crippen LogP) is 2.12. The average Bonchev–Trinajstić information content (AvgIpc) is 2.28. The van der Waals surface area contributed by atoms with Gasteiger partial charge in [-0.1, -0.05) is 13.8 Å². The maximum atomic E-state index is 5.57. The highest BCUT2D eigenvalue weighted by atomic mass is 16.5.